The molecule has 2 aromatic rings. The Labute approximate surface area is 114 Å². The smallest absolute Gasteiger partial charge is 0.297 e. The summed E-state index contributed by atoms with van der Waals surface area (Å²) < 4.78 is 25.6. The minimum Gasteiger partial charge on any atom is -0.387 e. The molecule has 1 aromatic heterocycles. The van der Waals surface area contributed by atoms with Crippen LogP contribution in [0.4, 0.5) is 14.6 Å². The van der Waals surface area contributed by atoms with E-state index in [1.807, 2.05) is 13.0 Å². The van der Waals surface area contributed by atoms with E-state index in [9.17, 15) is 8.78 Å². The summed E-state index contributed by atoms with van der Waals surface area (Å²) in [5.74, 6) is -0.338. The maximum absolute atomic E-state index is 12.8. The van der Waals surface area contributed by atoms with Crippen LogP contribution in [0.3, 0.4) is 0 Å². The highest BCUT2D eigenvalue weighted by Gasteiger charge is 2.15. The highest BCUT2D eigenvalue weighted by Crippen LogP contribution is 2.27. The van der Waals surface area contributed by atoms with Gasteiger partial charge in [-0.3, -0.25) is 0 Å². The van der Waals surface area contributed by atoms with Crippen LogP contribution in [0.1, 0.15) is 24.2 Å². The number of nitrogens with zero attached hydrogens (tertiary/aromatic N) is 3. The Bertz CT molecular complexity index is 682. The number of rotatable bonds is 4. The number of nitrogens with one attached hydrogen (secondary N) is 1. The Balaban J connectivity index is 2.67. The Morgan fingerprint density at radius 3 is 2.85 bits per heavy atom. The Morgan fingerprint density at radius 2 is 2.20 bits per heavy atom. The Morgan fingerprint density at radius 1 is 1.45 bits per heavy atom. The first-order valence-corrected chi connectivity index (χ1v) is 5.89. The number of amidine groups is 1. The molecule has 0 aliphatic carbocycles. The number of alkyl halides is 2. The van der Waals surface area contributed by atoms with Gasteiger partial charge in [0.25, 0.3) is 6.43 Å². The zero-order valence-corrected chi connectivity index (χ0v) is 10.8. The van der Waals surface area contributed by atoms with Gasteiger partial charge >= 0.3 is 0 Å². The molecule has 0 saturated heterocycles. The van der Waals surface area contributed by atoms with Gasteiger partial charge in [0, 0.05) is 18.0 Å². The number of aryl methyl sites for hydroxylation is 1. The number of halogens is 2. The second kappa shape index (κ2) is 5.68. The Hall–Kier alpha value is -2.44. The van der Waals surface area contributed by atoms with Gasteiger partial charge in [-0.25, -0.2) is 23.7 Å². The second-order valence-electron chi connectivity index (χ2n) is 4.24. The van der Waals surface area contributed by atoms with Crippen molar-refractivity contribution in [2.75, 3.05) is 0 Å². The minimum atomic E-state index is -2.78. The highest BCUT2D eigenvalue weighted by atomic mass is 19.3. The number of aromatic nitrogens is 2. The van der Waals surface area contributed by atoms with Crippen molar-refractivity contribution in [2.45, 2.75) is 19.8 Å². The van der Waals surface area contributed by atoms with Gasteiger partial charge in [-0.15, -0.1) is 0 Å². The van der Waals surface area contributed by atoms with Crippen molar-refractivity contribution in [1.29, 1.82) is 5.41 Å². The SMILES string of the molecule is Cc1ccc2c(N=C(N)CC=N)nc(C(F)F)nc2c1. The van der Waals surface area contributed by atoms with Crippen LogP contribution in [0.2, 0.25) is 0 Å². The quantitative estimate of drug-likeness (QED) is 0.665. The number of benzene rings is 1. The summed E-state index contributed by atoms with van der Waals surface area (Å²) in [7, 11) is 0. The third kappa shape index (κ3) is 2.93. The summed E-state index contributed by atoms with van der Waals surface area (Å²) in [6.45, 7) is 1.84. The van der Waals surface area contributed by atoms with E-state index in [2.05, 4.69) is 15.0 Å². The van der Waals surface area contributed by atoms with Crippen molar-refractivity contribution < 1.29 is 8.78 Å². The van der Waals surface area contributed by atoms with E-state index in [1.165, 1.54) is 0 Å². The van der Waals surface area contributed by atoms with Gasteiger partial charge in [0.1, 0.15) is 5.84 Å². The third-order valence-corrected chi connectivity index (χ3v) is 2.61. The molecule has 1 aromatic carbocycles. The topological polar surface area (TPSA) is 88.0 Å². The van der Waals surface area contributed by atoms with E-state index in [0.29, 0.717) is 10.9 Å². The lowest BCUT2D eigenvalue weighted by atomic mass is 10.1. The first-order valence-electron chi connectivity index (χ1n) is 5.89. The van der Waals surface area contributed by atoms with Crippen LogP contribution in [0, 0.1) is 12.3 Å². The summed E-state index contributed by atoms with van der Waals surface area (Å²) in [5.41, 5.74) is 6.92. The van der Waals surface area contributed by atoms with Gasteiger partial charge in [0.2, 0.25) is 0 Å². The van der Waals surface area contributed by atoms with Crippen LogP contribution in [-0.2, 0) is 0 Å². The number of fused-ring (bicyclic) bond motifs is 1. The molecule has 0 radical (unpaired) electrons. The molecule has 0 spiro atoms. The average Bonchev–Trinajstić information content (AvgIpc) is 2.38. The maximum atomic E-state index is 12.8. The van der Waals surface area contributed by atoms with Crippen LogP contribution in [0.5, 0.6) is 0 Å². The van der Waals surface area contributed by atoms with E-state index in [-0.39, 0.29) is 18.1 Å². The van der Waals surface area contributed by atoms with Crippen molar-refractivity contribution in [1.82, 2.24) is 9.97 Å². The molecule has 0 saturated carbocycles. The summed E-state index contributed by atoms with van der Waals surface area (Å²) in [6, 6.07) is 5.23. The van der Waals surface area contributed by atoms with Crippen LogP contribution in [0.25, 0.3) is 10.9 Å². The third-order valence-electron chi connectivity index (χ3n) is 2.61. The molecule has 0 aliphatic heterocycles. The van der Waals surface area contributed by atoms with Crippen LogP contribution >= 0.6 is 0 Å². The minimum absolute atomic E-state index is 0.102. The zero-order valence-electron chi connectivity index (χ0n) is 10.8. The molecule has 0 unspecified atom stereocenters. The van der Waals surface area contributed by atoms with E-state index in [0.717, 1.165) is 11.8 Å². The Kier molecular flexibility index (Phi) is 3.97. The van der Waals surface area contributed by atoms with Gasteiger partial charge in [-0.2, -0.15) is 0 Å². The molecular formula is C13H13F2N5. The molecule has 0 amide bonds. The van der Waals surface area contributed by atoms with Crippen molar-refractivity contribution in [3.05, 3.63) is 29.6 Å². The van der Waals surface area contributed by atoms with Gasteiger partial charge in [-0.05, 0) is 24.6 Å². The van der Waals surface area contributed by atoms with E-state index < -0.39 is 12.2 Å². The number of nitrogens with two attached hydrogens (primary N) is 1. The second-order valence-corrected chi connectivity index (χ2v) is 4.24. The monoisotopic (exact) mass is 277 g/mol. The van der Waals surface area contributed by atoms with Gasteiger partial charge in [0.05, 0.1) is 5.52 Å². The summed E-state index contributed by atoms with van der Waals surface area (Å²) >= 11 is 0. The molecule has 104 valence electrons. The fourth-order valence-electron chi connectivity index (χ4n) is 1.71. The first-order chi connectivity index (χ1) is 9.51. The molecule has 1 heterocycles. The molecular weight excluding hydrogens is 264 g/mol. The molecule has 0 atom stereocenters. The lowest BCUT2D eigenvalue weighted by Gasteiger charge is -2.06. The molecule has 20 heavy (non-hydrogen) atoms. The van der Waals surface area contributed by atoms with E-state index in [1.54, 1.807) is 12.1 Å². The maximum Gasteiger partial charge on any atom is 0.297 e. The van der Waals surface area contributed by atoms with Crippen LogP contribution in [-0.4, -0.2) is 22.0 Å². The number of aliphatic imine (C=N–C) groups is 1. The molecule has 3 N–H and O–H groups in total. The fourth-order valence-corrected chi connectivity index (χ4v) is 1.71. The van der Waals surface area contributed by atoms with Gasteiger partial charge < -0.3 is 11.1 Å². The number of hydrogen-bond acceptors (Lipinski definition) is 4. The van der Waals surface area contributed by atoms with Crippen molar-refractivity contribution in [2.24, 2.45) is 10.7 Å². The largest absolute Gasteiger partial charge is 0.387 e. The van der Waals surface area contributed by atoms with Gasteiger partial charge in [0.15, 0.2) is 11.6 Å². The van der Waals surface area contributed by atoms with E-state index >= 15 is 0 Å². The van der Waals surface area contributed by atoms with Gasteiger partial charge in [-0.1, -0.05) is 6.07 Å². The summed E-state index contributed by atoms with van der Waals surface area (Å²) in [4.78, 5) is 11.6. The lowest BCUT2D eigenvalue weighted by Crippen LogP contribution is -2.11. The van der Waals surface area contributed by atoms with Crippen molar-refractivity contribution in [3.8, 4) is 0 Å². The van der Waals surface area contributed by atoms with Crippen molar-refractivity contribution >= 4 is 28.8 Å². The average molecular weight is 277 g/mol. The molecule has 0 bridgehead atoms. The van der Waals surface area contributed by atoms with Crippen molar-refractivity contribution in [3.63, 3.8) is 0 Å². The van der Waals surface area contributed by atoms with E-state index in [4.69, 9.17) is 11.1 Å². The molecule has 7 heteroatoms. The summed E-state index contributed by atoms with van der Waals surface area (Å²) in [5, 5.41) is 7.51. The predicted octanol–water partition coefficient (Wildman–Crippen LogP) is 2.90. The standard InChI is InChI=1S/C13H13F2N5/c1-7-2-3-8-9(6-7)18-13(11(14)15)20-12(8)19-10(17)4-5-16/h2-3,5-6,11,16H,4H2,1H3,(H2,17,18,19,20). The zero-order chi connectivity index (χ0) is 14.7. The first kappa shape index (κ1) is 14.0. The molecule has 2 rings (SSSR count). The normalized spacial score (nSPS) is 12.1. The summed E-state index contributed by atoms with van der Waals surface area (Å²) in [6.07, 6.45) is -1.56. The highest BCUT2D eigenvalue weighted by molar-refractivity contribution is 5.96. The van der Waals surface area contributed by atoms with Crippen LogP contribution in [0.15, 0.2) is 23.2 Å². The predicted molar refractivity (Wildman–Crippen MR) is 73.9 cm³/mol. The molecule has 0 aliphatic rings. The molecule has 0 fully saturated rings. The number of hydrogen-bond donors (Lipinski definition) is 2. The fraction of sp³-hybridized carbons (Fsp3) is 0.231. The molecule has 5 nitrogen and oxygen atoms in total. The van der Waals surface area contributed by atoms with Crippen LogP contribution < -0.4 is 5.73 Å². The lowest BCUT2D eigenvalue weighted by molar-refractivity contribution is 0.141.